The molecule has 182 valence electrons. The number of carbonyl (C=O) groups is 3. The highest BCUT2D eigenvalue weighted by Gasteiger charge is 2.44. The van der Waals surface area contributed by atoms with Crippen LogP contribution >= 0.6 is 11.6 Å². The Bertz CT molecular complexity index is 1340. The van der Waals surface area contributed by atoms with Crippen LogP contribution < -0.4 is 9.47 Å². The van der Waals surface area contributed by atoms with E-state index in [4.69, 9.17) is 25.5 Å². The number of ether oxygens (including phenoxy) is 2. The van der Waals surface area contributed by atoms with Crippen LogP contribution in [0.1, 0.15) is 48.8 Å². The van der Waals surface area contributed by atoms with Gasteiger partial charge in [-0.05, 0) is 36.2 Å². The minimum absolute atomic E-state index is 0.0613. The number of methoxy groups -OCH3 is 1. The molecule has 1 atom stereocenters. The fraction of sp³-hybridized carbons (Fsp3) is 0.269. The Morgan fingerprint density at radius 3 is 2.51 bits per heavy atom. The number of Topliss-reactive ketones (excluding diaryl/α,β-unsaturated/α-hetero) is 1. The van der Waals surface area contributed by atoms with E-state index in [0.717, 1.165) is 6.42 Å². The van der Waals surface area contributed by atoms with Crippen LogP contribution in [0, 0.1) is 0 Å². The van der Waals surface area contributed by atoms with Crippen LogP contribution in [0.25, 0.3) is 11.0 Å². The Kier molecular flexibility index (Phi) is 6.84. The molecule has 35 heavy (non-hydrogen) atoms. The summed E-state index contributed by atoms with van der Waals surface area (Å²) in [4.78, 5) is 39.4. The number of furan rings is 1. The molecule has 1 aliphatic heterocycles. The summed E-state index contributed by atoms with van der Waals surface area (Å²) in [6.45, 7) is 3.62. The smallest absolute Gasteiger partial charge is 0.308 e. The van der Waals surface area contributed by atoms with Crippen LogP contribution in [-0.2, 0) is 9.59 Å². The van der Waals surface area contributed by atoms with E-state index in [-0.39, 0.29) is 11.3 Å². The minimum atomic E-state index is -0.841. The highest BCUT2D eigenvalue weighted by molar-refractivity contribution is 6.31. The first kappa shape index (κ1) is 24.3. The maximum absolute atomic E-state index is 13.6. The number of fused-ring (bicyclic) bond motifs is 1. The second-order valence-corrected chi connectivity index (χ2v) is 8.58. The average molecular weight is 498 g/mol. The highest BCUT2D eigenvalue weighted by Crippen LogP contribution is 2.41. The van der Waals surface area contributed by atoms with Crippen molar-refractivity contribution in [1.29, 1.82) is 0 Å². The molecular weight excluding hydrogens is 474 g/mol. The molecule has 4 rings (SSSR count). The molecule has 8 nitrogen and oxygen atoms in total. The second-order valence-electron chi connectivity index (χ2n) is 8.15. The Hall–Kier alpha value is -3.78. The van der Waals surface area contributed by atoms with Crippen LogP contribution in [0.2, 0.25) is 5.02 Å². The Balaban J connectivity index is 1.78. The number of benzene rings is 2. The molecule has 1 N–H and O–H groups in total. The number of halogens is 1. The molecule has 3 aromatic rings. The van der Waals surface area contributed by atoms with Crippen molar-refractivity contribution in [3.05, 3.63) is 70.1 Å². The van der Waals surface area contributed by atoms with Gasteiger partial charge in [-0.15, -0.1) is 0 Å². The Morgan fingerprint density at radius 1 is 1.17 bits per heavy atom. The number of nitrogens with zero attached hydrogens (tertiary/aromatic N) is 1. The molecule has 1 amide bonds. The lowest BCUT2D eigenvalue weighted by atomic mass is 9.95. The standard InChI is InChI=1S/C26H24ClNO7/c1-4-5-10-28-22(15-6-8-18(9-7-15)34-14(2)29)21(24(31)26(28)32)23(30)19-12-16-11-17(27)13-20(33-3)25(16)35-19/h6-9,11-13,22,31H,4-5,10H2,1-3H3. The maximum Gasteiger partial charge on any atom is 0.308 e. The van der Waals surface area contributed by atoms with Crippen LogP contribution in [-0.4, -0.2) is 41.3 Å². The normalized spacial score (nSPS) is 15.7. The largest absolute Gasteiger partial charge is 0.503 e. The van der Waals surface area contributed by atoms with Crippen molar-refractivity contribution in [1.82, 2.24) is 4.90 Å². The van der Waals surface area contributed by atoms with Gasteiger partial charge in [0.1, 0.15) is 5.75 Å². The third-order valence-corrected chi connectivity index (χ3v) is 5.97. The molecule has 0 saturated heterocycles. The van der Waals surface area contributed by atoms with Gasteiger partial charge in [-0.25, -0.2) is 0 Å². The summed E-state index contributed by atoms with van der Waals surface area (Å²) >= 11 is 6.14. The van der Waals surface area contributed by atoms with Crippen molar-refractivity contribution in [2.24, 2.45) is 0 Å². The first-order valence-electron chi connectivity index (χ1n) is 11.1. The van der Waals surface area contributed by atoms with E-state index < -0.39 is 29.5 Å². The lowest BCUT2D eigenvalue weighted by Crippen LogP contribution is -2.32. The SMILES string of the molecule is CCCCN1C(=O)C(O)=C(C(=O)c2cc3cc(Cl)cc(OC)c3o2)C1c1ccc(OC(C)=O)cc1. The van der Waals surface area contributed by atoms with Gasteiger partial charge in [-0.1, -0.05) is 37.1 Å². The van der Waals surface area contributed by atoms with E-state index in [1.807, 2.05) is 6.92 Å². The van der Waals surface area contributed by atoms with Crippen LogP contribution in [0.3, 0.4) is 0 Å². The summed E-state index contributed by atoms with van der Waals surface area (Å²) in [5, 5.41) is 11.7. The van der Waals surface area contributed by atoms with Gasteiger partial charge in [0.25, 0.3) is 5.91 Å². The maximum atomic E-state index is 13.6. The van der Waals surface area contributed by atoms with Crippen molar-refractivity contribution in [2.75, 3.05) is 13.7 Å². The zero-order valence-electron chi connectivity index (χ0n) is 19.5. The number of aliphatic hydroxyl groups is 1. The van der Waals surface area contributed by atoms with Gasteiger partial charge >= 0.3 is 5.97 Å². The molecule has 1 aliphatic rings. The Morgan fingerprint density at radius 2 is 1.89 bits per heavy atom. The van der Waals surface area contributed by atoms with Crippen LogP contribution in [0.15, 0.2) is 58.2 Å². The fourth-order valence-electron chi connectivity index (χ4n) is 4.16. The second kappa shape index (κ2) is 9.84. The van der Waals surface area contributed by atoms with Crippen LogP contribution in [0.4, 0.5) is 0 Å². The number of unbranched alkanes of at least 4 members (excludes halogenated alkanes) is 1. The van der Waals surface area contributed by atoms with Crippen molar-refractivity contribution in [3.63, 3.8) is 0 Å². The van der Waals surface area contributed by atoms with Gasteiger partial charge in [-0.3, -0.25) is 14.4 Å². The molecule has 1 aromatic heterocycles. The number of hydrogen-bond acceptors (Lipinski definition) is 7. The molecule has 1 unspecified atom stereocenters. The van der Waals surface area contributed by atoms with Crippen molar-refractivity contribution >= 4 is 40.2 Å². The quantitative estimate of drug-likeness (QED) is 0.252. The summed E-state index contributed by atoms with van der Waals surface area (Å²) < 4.78 is 16.2. The zero-order chi connectivity index (χ0) is 25.3. The van der Waals surface area contributed by atoms with E-state index in [1.54, 1.807) is 36.4 Å². The number of hydrogen-bond donors (Lipinski definition) is 1. The topological polar surface area (TPSA) is 106 Å². The molecule has 0 bridgehead atoms. The van der Waals surface area contributed by atoms with Crippen molar-refractivity contribution in [2.45, 2.75) is 32.7 Å². The summed E-state index contributed by atoms with van der Waals surface area (Å²) in [7, 11) is 1.46. The van der Waals surface area contributed by atoms with E-state index in [0.29, 0.717) is 46.0 Å². The molecule has 9 heteroatoms. The molecule has 0 spiro atoms. The van der Waals surface area contributed by atoms with Crippen LogP contribution in [0.5, 0.6) is 11.5 Å². The van der Waals surface area contributed by atoms with E-state index in [9.17, 15) is 19.5 Å². The molecule has 0 radical (unpaired) electrons. The minimum Gasteiger partial charge on any atom is -0.503 e. The zero-order valence-corrected chi connectivity index (χ0v) is 20.2. The first-order chi connectivity index (χ1) is 16.7. The van der Waals surface area contributed by atoms with Gasteiger partial charge in [0.15, 0.2) is 22.9 Å². The average Bonchev–Trinajstić information content (AvgIpc) is 3.36. The summed E-state index contributed by atoms with van der Waals surface area (Å²) in [6, 6.07) is 10.3. The van der Waals surface area contributed by atoms with Gasteiger partial charge in [0.2, 0.25) is 5.78 Å². The number of rotatable bonds is 8. The molecule has 0 aliphatic carbocycles. The predicted molar refractivity (Wildman–Crippen MR) is 129 cm³/mol. The lowest BCUT2D eigenvalue weighted by molar-refractivity contribution is -0.132. The van der Waals surface area contributed by atoms with Crippen molar-refractivity contribution in [3.8, 4) is 11.5 Å². The number of amides is 1. The molecule has 0 saturated carbocycles. The number of ketones is 1. The predicted octanol–water partition coefficient (Wildman–Crippen LogP) is 5.40. The summed E-state index contributed by atoms with van der Waals surface area (Å²) in [5.74, 6) is -1.72. The van der Waals surface area contributed by atoms with Gasteiger partial charge < -0.3 is 23.9 Å². The van der Waals surface area contributed by atoms with Gasteiger partial charge in [0.05, 0.1) is 18.7 Å². The van der Waals surface area contributed by atoms with E-state index in [1.165, 1.54) is 25.0 Å². The summed E-state index contributed by atoms with van der Waals surface area (Å²) in [6.07, 6.45) is 1.50. The molecule has 2 aromatic carbocycles. The summed E-state index contributed by atoms with van der Waals surface area (Å²) in [5.41, 5.74) is 0.819. The van der Waals surface area contributed by atoms with E-state index in [2.05, 4.69) is 0 Å². The highest BCUT2D eigenvalue weighted by atomic mass is 35.5. The molecule has 0 fully saturated rings. The Labute approximate surface area is 206 Å². The fourth-order valence-corrected chi connectivity index (χ4v) is 4.37. The van der Waals surface area contributed by atoms with Gasteiger partial charge in [-0.2, -0.15) is 0 Å². The molecular formula is C26H24ClNO7. The number of aliphatic hydroxyl groups excluding tert-OH is 1. The monoisotopic (exact) mass is 497 g/mol. The number of carbonyl (C=O) groups excluding carboxylic acids is 3. The lowest BCUT2D eigenvalue weighted by Gasteiger charge is -2.26. The number of esters is 1. The van der Waals surface area contributed by atoms with Crippen molar-refractivity contribution < 1.29 is 33.4 Å². The third-order valence-electron chi connectivity index (χ3n) is 5.75. The van der Waals surface area contributed by atoms with Gasteiger partial charge in [0, 0.05) is 29.9 Å². The first-order valence-corrected chi connectivity index (χ1v) is 11.5. The van der Waals surface area contributed by atoms with E-state index >= 15 is 0 Å². The molecule has 2 heterocycles. The third kappa shape index (κ3) is 4.61.